The van der Waals surface area contributed by atoms with Crippen LogP contribution in [0.2, 0.25) is 0 Å². The van der Waals surface area contributed by atoms with Crippen molar-refractivity contribution in [1.82, 2.24) is 4.90 Å². The lowest BCUT2D eigenvalue weighted by atomic mass is 9.70. The van der Waals surface area contributed by atoms with Crippen molar-refractivity contribution in [2.24, 2.45) is 10.8 Å². The van der Waals surface area contributed by atoms with Crippen molar-refractivity contribution in [2.75, 3.05) is 14.1 Å². The average molecular weight is 213 g/mol. The van der Waals surface area contributed by atoms with Crippen LogP contribution < -0.4 is 0 Å². The van der Waals surface area contributed by atoms with Crippen LogP contribution in [0.15, 0.2) is 0 Å². The van der Waals surface area contributed by atoms with Gasteiger partial charge in [0.05, 0.1) is 0 Å². The first-order valence-electron chi connectivity index (χ1n) is 5.90. The molecule has 90 valence electrons. The second-order valence-electron chi connectivity index (χ2n) is 5.81. The fourth-order valence-electron chi connectivity index (χ4n) is 2.07. The summed E-state index contributed by atoms with van der Waals surface area (Å²) in [5.41, 5.74) is 0.0411. The molecular formula is C13H27NO. The van der Waals surface area contributed by atoms with Gasteiger partial charge in [-0.2, -0.15) is 0 Å². The van der Waals surface area contributed by atoms with Gasteiger partial charge in [0, 0.05) is 19.5 Å². The first-order valence-corrected chi connectivity index (χ1v) is 5.90. The Labute approximate surface area is 95.0 Å². The summed E-state index contributed by atoms with van der Waals surface area (Å²) in [6, 6.07) is 0. The van der Waals surface area contributed by atoms with Gasteiger partial charge in [-0.3, -0.25) is 4.79 Å². The molecule has 2 nitrogen and oxygen atoms in total. The summed E-state index contributed by atoms with van der Waals surface area (Å²) >= 11 is 0. The topological polar surface area (TPSA) is 20.3 Å². The average Bonchev–Trinajstić information content (AvgIpc) is 2.15. The highest BCUT2D eigenvalue weighted by Crippen LogP contribution is 2.39. The highest BCUT2D eigenvalue weighted by atomic mass is 16.2. The van der Waals surface area contributed by atoms with E-state index in [1.165, 1.54) is 0 Å². The molecule has 0 rings (SSSR count). The third-order valence-corrected chi connectivity index (χ3v) is 3.53. The zero-order valence-corrected chi connectivity index (χ0v) is 11.5. The van der Waals surface area contributed by atoms with Gasteiger partial charge in [-0.1, -0.05) is 41.0 Å². The second-order valence-corrected chi connectivity index (χ2v) is 5.81. The maximum absolute atomic E-state index is 12.1. The van der Waals surface area contributed by atoms with E-state index in [1.807, 2.05) is 14.1 Å². The molecule has 0 fully saturated rings. The SMILES string of the molecule is CCC(C)(C)CC(C)(CC)C(=O)N(C)C. The van der Waals surface area contributed by atoms with Crippen molar-refractivity contribution in [3.8, 4) is 0 Å². The van der Waals surface area contributed by atoms with E-state index in [-0.39, 0.29) is 16.7 Å². The van der Waals surface area contributed by atoms with Gasteiger partial charge in [0.1, 0.15) is 0 Å². The van der Waals surface area contributed by atoms with Gasteiger partial charge in [-0.25, -0.2) is 0 Å². The Morgan fingerprint density at radius 1 is 1.07 bits per heavy atom. The van der Waals surface area contributed by atoms with E-state index < -0.39 is 0 Å². The minimum absolute atomic E-state index is 0.205. The van der Waals surface area contributed by atoms with Crippen LogP contribution in [0.3, 0.4) is 0 Å². The van der Waals surface area contributed by atoms with Crippen LogP contribution in [0.1, 0.15) is 53.9 Å². The van der Waals surface area contributed by atoms with Crippen LogP contribution >= 0.6 is 0 Å². The number of hydrogen-bond donors (Lipinski definition) is 0. The van der Waals surface area contributed by atoms with Crippen LogP contribution in [0.4, 0.5) is 0 Å². The summed E-state index contributed by atoms with van der Waals surface area (Å²) in [6.45, 7) is 10.9. The lowest BCUT2D eigenvalue weighted by Crippen LogP contribution is -2.40. The molecule has 0 aromatic heterocycles. The van der Waals surface area contributed by atoms with Gasteiger partial charge < -0.3 is 4.90 Å². The van der Waals surface area contributed by atoms with E-state index in [0.29, 0.717) is 0 Å². The maximum Gasteiger partial charge on any atom is 0.227 e. The smallest absolute Gasteiger partial charge is 0.227 e. The first-order chi connectivity index (χ1) is 6.68. The van der Waals surface area contributed by atoms with Gasteiger partial charge in [0.15, 0.2) is 0 Å². The molecule has 0 N–H and O–H groups in total. The molecule has 1 amide bonds. The Morgan fingerprint density at radius 3 is 1.80 bits per heavy atom. The molecule has 0 saturated carbocycles. The number of carbonyl (C=O) groups excluding carboxylic acids is 1. The minimum atomic E-state index is -0.205. The lowest BCUT2D eigenvalue weighted by molar-refractivity contribution is -0.140. The predicted octanol–water partition coefficient (Wildman–Crippen LogP) is 3.32. The molecule has 0 saturated heterocycles. The molecule has 2 heteroatoms. The summed E-state index contributed by atoms with van der Waals surface area (Å²) < 4.78 is 0. The standard InChI is InChI=1S/C13H27NO/c1-8-12(3,4)10-13(5,9-2)11(15)14(6)7/h8-10H2,1-7H3. The van der Waals surface area contributed by atoms with E-state index in [2.05, 4.69) is 34.6 Å². The summed E-state index contributed by atoms with van der Waals surface area (Å²) in [5, 5.41) is 0. The quantitative estimate of drug-likeness (QED) is 0.686. The Hall–Kier alpha value is -0.530. The molecule has 0 heterocycles. The highest BCUT2D eigenvalue weighted by Gasteiger charge is 2.37. The second kappa shape index (κ2) is 5.00. The number of rotatable bonds is 5. The molecule has 15 heavy (non-hydrogen) atoms. The van der Waals surface area contributed by atoms with E-state index in [4.69, 9.17) is 0 Å². The fourth-order valence-corrected chi connectivity index (χ4v) is 2.07. The van der Waals surface area contributed by atoms with Gasteiger partial charge in [-0.05, 0) is 18.3 Å². The van der Waals surface area contributed by atoms with Gasteiger partial charge in [0.2, 0.25) is 5.91 Å². The van der Waals surface area contributed by atoms with E-state index >= 15 is 0 Å². The van der Waals surface area contributed by atoms with Crippen molar-refractivity contribution < 1.29 is 4.79 Å². The van der Waals surface area contributed by atoms with Crippen molar-refractivity contribution in [3.05, 3.63) is 0 Å². The summed E-state index contributed by atoms with van der Waals surface area (Å²) in [5.74, 6) is 0.256. The predicted molar refractivity (Wildman–Crippen MR) is 65.8 cm³/mol. The monoisotopic (exact) mass is 213 g/mol. The van der Waals surface area contributed by atoms with Crippen molar-refractivity contribution in [1.29, 1.82) is 0 Å². The van der Waals surface area contributed by atoms with E-state index in [1.54, 1.807) is 4.90 Å². The molecule has 0 aliphatic rings. The van der Waals surface area contributed by atoms with Crippen molar-refractivity contribution in [2.45, 2.75) is 53.9 Å². The first kappa shape index (κ1) is 14.5. The zero-order valence-electron chi connectivity index (χ0n) is 11.5. The molecule has 0 aliphatic carbocycles. The van der Waals surface area contributed by atoms with Crippen LogP contribution in [-0.4, -0.2) is 24.9 Å². The Kier molecular flexibility index (Phi) is 4.82. The number of carbonyl (C=O) groups is 1. The minimum Gasteiger partial charge on any atom is -0.348 e. The normalized spacial score (nSPS) is 15.9. The molecule has 0 spiro atoms. The summed E-state index contributed by atoms with van der Waals surface area (Å²) in [4.78, 5) is 13.8. The largest absolute Gasteiger partial charge is 0.348 e. The molecular weight excluding hydrogens is 186 g/mol. The Bertz CT molecular complexity index is 221. The van der Waals surface area contributed by atoms with Gasteiger partial charge in [0.25, 0.3) is 0 Å². The third kappa shape index (κ3) is 3.84. The molecule has 1 unspecified atom stereocenters. The zero-order chi connectivity index (χ0) is 12.3. The molecule has 0 aliphatic heterocycles. The molecule has 0 radical (unpaired) electrons. The van der Waals surface area contributed by atoms with Crippen LogP contribution in [0, 0.1) is 10.8 Å². The number of amides is 1. The fraction of sp³-hybridized carbons (Fsp3) is 0.923. The molecule has 0 aromatic carbocycles. The summed E-state index contributed by atoms with van der Waals surface area (Å²) in [7, 11) is 3.68. The maximum atomic E-state index is 12.1. The van der Waals surface area contributed by atoms with E-state index in [9.17, 15) is 4.79 Å². The molecule has 1 atom stereocenters. The van der Waals surface area contributed by atoms with E-state index in [0.717, 1.165) is 19.3 Å². The van der Waals surface area contributed by atoms with Crippen molar-refractivity contribution >= 4 is 5.91 Å². The third-order valence-electron chi connectivity index (χ3n) is 3.53. The highest BCUT2D eigenvalue weighted by molar-refractivity contribution is 5.81. The lowest BCUT2D eigenvalue weighted by Gasteiger charge is -2.37. The van der Waals surface area contributed by atoms with Crippen LogP contribution in [0.5, 0.6) is 0 Å². The van der Waals surface area contributed by atoms with Crippen LogP contribution in [-0.2, 0) is 4.79 Å². The Morgan fingerprint density at radius 2 is 1.53 bits per heavy atom. The van der Waals surface area contributed by atoms with Crippen molar-refractivity contribution in [3.63, 3.8) is 0 Å². The number of hydrogen-bond acceptors (Lipinski definition) is 1. The molecule has 0 bridgehead atoms. The van der Waals surface area contributed by atoms with Gasteiger partial charge in [-0.15, -0.1) is 0 Å². The molecule has 0 aromatic rings. The van der Waals surface area contributed by atoms with Crippen LogP contribution in [0.25, 0.3) is 0 Å². The summed E-state index contributed by atoms with van der Waals surface area (Å²) in [6.07, 6.45) is 2.99. The Balaban J connectivity index is 4.80. The number of nitrogens with zero attached hydrogens (tertiary/aromatic N) is 1. The van der Waals surface area contributed by atoms with Gasteiger partial charge >= 0.3 is 0 Å².